The van der Waals surface area contributed by atoms with Crippen LogP contribution in [0.1, 0.15) is 18.7 Å². The lowest BCUT2D eigenvalue weighted by Gasteiger charge is -2.31. The van der Waals surface area contributed by atoms with Crippen molar-refractivity contribution in [2.24, 2.45) is 0 Å². The summed E-state index contributed by atoms with van der Waals surface area (Å²) in [5.74, 6) is -2.43. The van der Waals surface area contributed by atoms with E-state index in [1.165, 1.54) is 13.3 Å². The van der Waals surface area contributed by atoms with Gasteiger partial charge in [0.15, 0.2) is 5.82 Å². The maximum absolute atomic E-state index is 14.1. The summed E-state index contributed by atoms with van der Waals surface area (Å²) >= 11 is 0. The number of aromatic hydroxyl groups is 1. The van der Waals surface area contributed by atoms with E-state index in [0.717, 1.165) is 11.3 Å². The monoisotopic (exact) mass is 426 g/mol. The van der Waals surface area contributed by atoms with Crippen molar-refractivity contribution in [3.8, 4) is 22.7 Å². The lowest BCUT2D eigenvalue weighted by molar-refractivity contribution is -0.00999. The average Bonchev–Trinajstić information content (AvgIpc) is 3.36. The first-order valence-corrected chi connectivity index (χ1v) is 9.83. The molecule has 8 nitrogen and oxygen atoms in total. The Balaban J connectivity index is 1.39. The van der Waals surface area contributed by atoms with Crippen LogP contribution in [0.3, 0.4) is 0 Å². The quantitative estimate of drug-likeness (QED) is 0.662. The second-order valence-corrected chi connectivity index (χ2v) is 7.74. The van der Waals surface area contributed by atoms with Gasteiger partial charge in [-0.05, 0) is 30.2 Å². The fourth-order valence-corrected chi connectivity index (χ4v) is 4.29. The van der Waals surface area contributed by atoms with E-state index in [-0.39, 0.29) is 18.6 Å². The lowest BCUT2D eigenvalue weighted by Crippen LogP contribution is -2.47. The van der Waals surface area contributed by atoms with E-state index in [1.54, 1.807) is 41.5 Å². The molecule has 0 amide bonds. The number of phenolic OH excluding ortho intramolecular Hbond substituents is 1. The molecule has 1 aromatic carbocycles. The molecule has 160 valence electrons. The molecular weight excluding hydrogens is 406 g/mol. The zero-order chi connectivity index (χ0) is 21.6. The summed E-state index contributed by atoms with van der Waals surface area (Å²) < 4.78 is 35.4. The van der Waals surface area contributed by atoms with Gasteiger partial charge in [-0.25, -0.2) is 18.7 Å². The highest BCUT2D eigenvalue weighted by Crippen LogP contribution is 2.42. The van der Waals surface area contributed by atoms with E-state index < -0.39 is 24.1 Å². The Morgan fingerprint density at radius 2 is 2.19 bits per heavy atom. The van der Waals surface area contributed by atoms with Gasteiger partial charge < -0.3 is 19.7 Å². The van der Waals surface area contributed by atoms with Crippen molar-refractivity contribution in [3.05, 3.63) is 54.5 Å². The van der Waals surface area contributed by atoms with Gasteiger partial charge in [0.1, 0.15) is 11.4 Å². The molecule has 2 saturated heterocycles. The smallest absolute Gasteiger partial charge is 0.265 e. The van der Waals surface area contributed by atoms with E-state index in [2.05, 4.69) is 25.5 Å². The number of hydrogen-bond donors (Lipinski definition) is 2. The topological polar surface area (TPSA) is 98.0 Å². The Labute approximate surface area is 176 Å². The number of aromatic nitrogens is 5. The average molecular weight is 426 g/mol. The Morgan fingerprint density at radius 1 is 1.32 bits per heavy atom. The maximum Gasteiger partial charge on any atom is 0.265 e. The number of rotatable bonds is 4. The van der Waals surface area contributed by atoms with Crippen LogP contribution < -0.4 is 5.32 Å². The predicted octanol–water partition coefficient (Wildman–Crippen LogP) is 2.60. The van der Waals surface area contributed by atoms with E-state index in [9.17, 15) is 13.9 Å². The van der Waals surface area contributed by atoms with Gasteiger partial charge in [0.2, 0.25) is 0 Å². The Bertz CT molecular complexity index is 1120. The van der Waals surface area contributed by atoms with Crippen LogP contribution >= 0.6 is 0 Å². The molecule has 2 aromatic heterocycles. The number of hydrogen-bond acceptors (Lipinski definition) is 7. The van der Waals surface area contributed by atoms with Gasteiger partial charge in [-0.1, -0.05) is 0 Å². The van der Waals surface area contributed by atoms with Gasteiger partial charge in [-0.15, -0.1) is 10.2 Å². The third-order valence-corrected chi connectivity index (χ3v) is 5.80. The van der Waals surface area contributed by atoms with Crippen LogP contribution in [-0.4, -0.2) is 61.1 Å². The van der Waals surface area contributed by atoms with E-state index in [1.807, 2.05) is 6.07 Å². The van der Waals surface area contributed by atoms with Crippen LogP contribution in [0.2, 0.25) is 0 Å². The van der Waals surface area contributed by atoms with Crippen molar-refractivity contribution in [1.29, 1.82) is 0 Å². The van der Waals surface area contributed by atoms with Gasteiger partial charge in [0.25, 0.3) is 5.92 Å². The van der Waals surface area contributed by atoms with Crippen molar-refractivity contribution in [2.75, 3.05) is 7.11 Å². The third kappa shape index (κ3) is 3.57. The molecule has 3 atom stereocenters. The van der Waals surface area contributed by atoms with Crippen molar-refractivity contribution < 1.29 is 18.6 Å². The van der Waals surface area contributed by atoms with Gasteiger partial charge in [-0.2, -0.15) is 0 Å². The fourth-order valence-electron chi connectivity index (χ4n) is 4.29. The van der Waals surface area contributed by atoms with E-state index in [4.69, 9.17) is 4.74 Å². The zero-order valence-corrected chi connectivity index (χ0v) is 16.6. The van der Waals surface area contributed by atoms with Crippen LogP contribution in [0.5, 0.6) is 5.75 Å². The summed E-state index contributed by atoms with van der Waals surface area (Å²) in [6.45, 7) is 0. The SMILES string of the molecule is CO[C@@H]1/C(=C\c2ncc(-c3ccc(-n4ccnc4)cc3O)nn2)CC2NC1CC2(F)F. The molecule has 0 spiro atoms. The molecule has 2 fully saturated rings. The molecule has 4 heterocycles. The molecule has 31 heavy (non-hydrogen) atoms. The van der Waals surface area contributed by atoms with Crippen LogP contribution in [0.25, 0.3) is 23.0 Å². The minimum atomic E-state index is -2.76. The first-order valence-electron chi connectivity index (χ1n) is 9.83. The van der Waals surface area contributed by atoms with Crippen molar-refractivity contribution in [2.45, 2.75) is 37.0 Å². The second-order valence-electron chi connectivity index (χ2n) is 7.74. The van der Waals surface area contributed by atoms with Gasteiger partial charge in [0.05, 0.1) is 30.4 Å². The highest BCUT2D eigenvalue weighted by Gasteiger charge is 2.54. The number of halogens is 2. The lowest BCUT2D eigenvalue weighted by atomic mass is 9.95. The van der Waals surface area contributed by atoms with E-state index in [0.29, 0.717) is 17.1 Å². The van der Waals surface area contributed by atoms with Gasteiger partial charge in [-0.3, -0.25) is 0 Å². The zero-order valence-electron chi connectivity index (χ0n) is 16.6. The number of phenols is 1. The van der Waals surface area contributed by atoms with Crippen molar-refractivity contribution >= 4 is 6.08 Å². The first-order chi connectivity index (χ1) is 14.9. The van der Waals surface area contributed by atoms with Crippen LogP contribution in [0, 0.1) is 0 Å². The fraction of sp³-hybridized carbons (Fsp3) is 0.333. The molecule has 2 unspecified atom stereocenters. The van der Waals surface area contributed by atoms with Crippen molar-refractivity contribution in [1.82, 2.24) is 30.0 Å². The molecule has 5 rings (SSSR count). The number of alkyl halides is 2. The largest absolute Gasteiger partial charge is 0.507 e. The number of methoxy groups -OCH3 is 1. The number of benzene rings is 1. The predicted molar refractivity (Wildman–Crippen MR) is 108 cm³/mol. The van der Waals surface area contributed by atoms with Gasteiger partial charge >= 0.3 is 0 Å². The number of nitrogens with zero attached hydrogens (tertiary/aromatic N) is 5. The summed E-state index contributed by atoms with van der Waals surface area (Å²) in [6.07, 6.45) is 7.66. The van der Waals surface area contributed by atoms with Crippen LogP contribution in [-0.2, 0) is 4.74 Å². The van der Waals surface area contributed by atoms with Crippen molar-refractivity contribution in [3.63, 3.8) is 0 Å². The summed E-state index contributed by atoms with van der Waals surface area (Å²) in [5, 5.41) is 21.6. The minimum absolute atomic E-state index is 0.0324. The molecule has 2 aliphatic rings. The van der Waals surface area contributed by atoms with Crippen LogP contribution in [0.4, 0.5) is 8.78 Å². The number of nitrogens with one attached hydrogen (secondary N) is 1. The normalized spacial score (nSPS) is 25.8. The minimum Gasteiger partial charge on any atom is -0.507 e. The molecule has 0 aliphatic carbocycles. The second kappa shape index (κ2) is 7.47. The molecule has 3 aromatic rings. The Hall–Kier alpha value is -3.24. The summed E-state index contributed by atoms with van der Waals surface area (Å²) in [7, 11) is 1.51. The van der Waals surface area contributed by atoms with E-state index >= 15 is 0 Å². The highest BCUT2D eigenvalue weighted by molar-refractivity contribution is 5.68. The van der Waals surface area contributed by atoms with Crippen LogP contribution in [0.15, 0.2) is 48.7 Å². The molecule has 10 heteroatoms. The molecule has 2 aliphatic heterocycles. The molecule has 2 N–H and O–H groups in total. The molecular formula is C21H20F2N6O2. The molecule has 2 bridgehead atoms. The molecule has 0 radical (unpaired) electrons. The number of fused-ring (bicyclic) bond motifs is 2. The maximum atomic E-state index is 14.1. The summed E-state index contributed by atoms with van der Waals surface area (Å²) in [4.78, 5) is 8.29. The highest BCUT2D eigenvalue weighted by atomic mass is 19.3. The number of piperidine rings is 1. The van der Waals surface area contributed by atoms with Gasteiger partial charge in [0, 0.05) is 43.6 Å². The summed E-state index contributed by atoms with van der Waals surface area (Å²) in [6, 6.07) is 3.80. The number of ether oxygens (including phenoxy) is 1. The Kier molecular flexibility index (Phi) is 4.75. The standard InChI is InChI=1S/C21H20F2N6O2/c1-31-20-12(6-18-21(22,23)9-15(20)26-18)7-19-25-10-16(27-28-19)14-3-2-13(8-17(14)30)29-5-4-24-11-29/h2-5,7-8,10-11,15,18,20,26,30H,6,9H2,1H3/b12-7-/t15?,18?,20-/m1/s1. The first kappa shape index (κ1) is 19.7. The Morgan fingerprint density at radius 3 is 2.87 bits per heavy atom. The molecule has 0 saturated carbocycles. The number of imidazole rings is 1. The summed E-state index contributed by atoms with van der Waals surface area (Å²) in [5.41, 5.74) is 2.36. The third-order valence-electron chi connectivity index (χ3n) is 5.80.